The highest BCUT2D eigenvalue weighted by Crippen LogP contribution is 2.34. The highest BCUT2D eigenvalue weighted by molar-refractivity contribution is 7.46. The number of nitrogens with two attached hydrogens (primary N) is 2. The first-order valence-electron chi connectivity index (χ1n) is 5.20. The van der Waals surface area contributed by atoms with E-state index in [1.54, 1.807) is 0 Å². The van der Waals surface area contributed by atoms with Crippen molar-refractivity contribution in [1.29, 1.82) is 0 Å². The normalized spacial score (nSPS) is 10.9. The van der Waals surface area contributed by atoms with E-state index in [9.17, 15) is 9.36 Å². The van der Waals surface area contributed by atoms with Crippen LogP contribution in [0.1, 0.15) is 0 Å². The lowest BCUT2D eigenvalue weighted by Crippen LogP contribution is -2.12. The van der Waals surface area contributed by atoms with Gasteiger partial charge in [-0.2, -0.15) is 4.98 Å². The van der Waals surface area contributed by atoms with Crippen LogP contribution in [0.5, 0.6) is 0 Å². The molecule has 0 fully saturated rings. The van der Waals surface area contributed by atoms with Gasteiger partial charge in [0, 0.05) is 18.9 Å². The Morgan fingerprint density at radius 2 is 2.00 bits per heavy atom. The van der Waals surface area contributed by atoms with Crippen LogP contribution in [0.4, 0.5) is 5.95 Å². The number of fused-ring (bicyclic) bond motifs is 1. The summed E-state index contributed by atoms with van der Waals surface area (Å²) in [6.45, 7) is 0.00931. The van der Waals surface area contributed by atoms with Crippen molar-refractivity contribution in [3.8, 4) is 0 Å². The van der Waals surface area contributed by atoms with Crippen molar-refractivity contribution in [1.82, 2.24) is 19.9 Å². The molecule has 0 aliphatic rings. The molecule has 110 valence electrons. The van der Waals surface area contributed by atoms with E-state index in [0.717, 1.165) is 0 Å². The zero-order valence-electron chi connectivity index (χ0n) is 10.1. The molecule has 0 radical (unpaired) electrons. The third-order valence-electron chi connectivity index (χ3n) is 1.74. The number of phosphoric ester groups is 1. The molecule has 0 amide bonds. The molecule has 0 atom stereocenters. The van der Waals surface area contributed by atoms with Crippen molar-refractivity contribution in [2.45, 2.75) is 0 Å². The van der Waals surface area contributed by atoms with E-state index >= 15 is 0 Å². The third kappa shape index (κ3) is 5.38. The number of rotatable bonds is 3. The van der Waals surface area contributed by atoms with Gasteiger partial charge in [-0.3, -0.25) is 14.3 Å². The van der Waals surface area contributed by atoms with Gasteiger partial charge in [-0.1, -0.05) is 0 Å². The van der Waals surface area contributed by atoms with Gasteiger partial charge in [0.25, 0.3) is 5.56 Å². The van der Waals surface area contributed by atoms with Crippen molar-refractivity contribution in [2.75, 3.05) is 18.9 Å². The van der Waals surface area contributed by atoms with E-state index in [0.29, 0.717) is 0 Å². The number of aromatic nitrogens is 4. The molecule has 11 nitrogen and oxygen atoms in total. The Morgan fingerprint density at radius 1 is 1.35 bits per heavy atom. The highest BCUT2D eigenvalue weighted by atomic mass is 31.2. The van der Waals surface area contributed by atoms with Crippen LogP contribution in [0, 0.1) is 0 Å². The SMILES string of the molecule is NCCOP(=O)(O)O.Nc1nc2nccnc2c(=O)[nH]1. The van der Waals surface area contributed by atoms with Gasteiger partial charge in [0.2, 0.25) is 5.95 Å². The third-order valence-corrected chi connectivity index (χ3v) is 2.26. The van der Waals surface area contributed by atoms with Crippen LogP contribution < -0.4 is 17.0 Å². The van der Waals surface area contributed by atoms with Crippen LogP contribution >= 0.6 is 7.82 Å². The minimum atomic E-state index is -4.26. The Balaban J connectivity index is 0.000000221. The Hall–Kier alpha value is -1.91. The van der Waals surface area contributed by atoms with Crippen LogP contribution in [0.2, 0.25) is 0 Å². The summed E-state index contributed by atoms with van der Waals surface area (Å²) in [6, 6.07) is 0. The van der Waals surface area contributed by atoms with Gasteiger partial charge in [0.05, 0.1) is 6.61 Å². The van der Waals surface area contributed by atoms with Gasteiger partial charge in [0.1, 0.15) is 0 Å². The second kappa shape index (κ2) is 7.03. The molecule has 0 unspecified atom stereocenters. The zero-order valence-corrected chi connectivity index (χ0v) is 11.0. The fourth-order valence-corrected chi connectivity index (χ4v) is 1.41. The average Bonchev–Trinajstić information content (AvgIpc) is 2.36. The fourth-order valence-electron chi connectivity index (χ4n) is 1.06. The van der Waals surface area contributed by atoms with Crippen LogP contribution in [0.25, 0.3) is 11.2 Å². The summed E-state index contributed by atoms with van der Waals surface area (Å²) in [5.74, 6) is 0.0491. The summed E-state index contributed by atoms with van der Waals surface area (Å²) < 4.78 is 13.7. The number of nitrogens with one attached hydrogen (secondary N) is 1. The van der Waals surface area contributed by atoms with E-state index in [1.165, 1.54) is 12.4 Å². The molecule has 0 saturated carbocycles. The number of hydrogen-bond acceptors (Lipinski definition) is 8. The molecular weight excluding hydrogens is 291 g/mol. The largest absolute Gasteiger partial charge is 0.469 e. The Kier molecular flexibility index (Phi) is 5.67. The molecule has 0 bridgehead atoms. The smallest absolute Gasteiger partial charge is 0.369 e. The summed E-state index contributed by atoms with van der Waals surface area (Å²) >= 11 is 0. The predicted molar refractivity (Wildman–Crippen MR) is 69.4 cm³/mol. The first-order chi connectivity index (χ1) is 9.33. The lowest BCUT2D eigenvalue weighted by Gasteiger charge is -2.00. The molecule has 20 heavy (non-hydrogen) atoms. The maximum atomic E-state index is 11.1. The standard InChI is InChI=1S/C6H5N5O.C2H8NO4P/c7-6-10-4-3(5(12)11-6)8-1-2-9-4;3-1-2-7-8(4,5)6/h1-2H,(H3,7,9,10,11,12);1-3H2,(H2,4,5,6). The fraction of sp³-hybridized carbons (Fsp3) is 0.250. The van der Waals surface area contributed by atoms with Gasteiger partial charge in [-0.05, 0) is 0 Å². The number of nitrogens with zero attached hydrogens (tertiary/aromatic N) is 3. The molecule has 0 aliphatic carbocycles. The second-order valence-electron chi connectivity index (χ2n) is 3.29. The Morgan fingerprint density at radius 3 is 2.55 bits per heavy atom. The van der Waals surface area contributed by atoms with Crippen molar-refractivity contribution in [2.24, 2.45) is 5.73 Å². The summed E-state index contributed by atoms with van der Waals surface area (Å²) in [4.78, 5) is 40.8. The molecule has 0 aromatic carbocycles. The first kappa shape index (κ1) is 16.1. The highest BCUT2D eigenvalue weighted by Gasteiger charge is 2.11. The van der Waals surface area contributed by atoms with Crippen LogP contribution in [0.15, 0.2) is 17.2 Å². The first-order valence-corrected chi connectivity index (χ1v) is 6.73. The lowest BCUT2D eigenvalue weighted by molar-refractivity contribution is 0.202. The topological polar surface area (TPSA) is 190 Å². The number of H-pyrrole nitrogens is 1. The summed E-state index contributed by atoms with van der Waals surface area (Å²) in [5.41, 5.74) is 10.3. The predicted octanol–water partition coefficient (Wildman–Crippen LogP) is -1.65. The van der Waals surface area contributed by atoms with Crippen LogP contribution in [-0.2, 0) is 9.09 Å². The van der Waals surface area contributed by atoms with E-state index in [2.05, 4.69) is 24.5 Å². The van der Waals surface area contributed by atoms with Crippen molar-refractivity contribution in [3.05, 3.63) is 22.7 Å². The molecule has 12 heteroatoms. The molecule has 0 saturated heterocycles. The molecular formula is C8H13N6O5P. The number of hydrogen-bond donors (Lipinski definition) is 5. The van der Waals surface area contributed by atoms with Crippen molar-refractivity contribution < 1.29 is 18.9 Å². The molecule has 2 rings (SSSR count). The number of phosphoric acid groups is 1. The summed E-state index contributed by atoms with van der Waals surface area (Å²) in [7, 11) is -4.26. The van der Waals surface area contributed by atoms with Crippen molar-refractivity contribution >= 4 is 24.9 Å². The molecule has 0 spiro atoms. The molecule has 0 aliphatic heterocycles. The molecule has 2 aromatic rings. The molecule has 2 heterocycles. The van der Waals surface area contributed by atoms with Gasteiger partial charge in [-0.25, -0.2) is 14.5 Å². The van der Waals surface area contributed by atoms with Crippen LogP contribution in [0.3, 0.4) is 0 Å². The summed E-state index contributed by atoms with van der Waals surface area (Å²) in [5, 5.41) is 0. The maximum Gasteiger partial charge on any atom is 0.469 e. The summed E-state index contributed by atoms with van der Waals surface area (Å²) in [6.07, 6.45) is 2.88. The van der Waals surface area contributed by atoms with Crippen molar-refractivity contribution in [3.63, 3.8) is 0 Å². The van der Waals surface area contributed by atoms with E-state index in [4.69, 9.17) is 21.3 Å². The number of aromatic amines is 1. The van der Waals surface area contributed by atoms with Gasteiger partial charge in [-0.15, -0.1) is 0 Å². The second-order valence-corrected chi connectivity index (χ2v) is 4.53. The maximum absolute atomic E-state index is 11.1. The lowest BCUT2D eigenvalue weighted by atomic mass is 10.5. The zero-order chi connectivity index (χ0) is 15.2. The number of nitrogen functional groups attached to an aromatic ring is 1. The average molecular weight is 304 g/mol. The molecule has 2 aromatic heterocycles. The monoisotopic (exact) mass is 304 g/mol. The minimum absolute atomic E-state index is 0.0491. The minimum Gasteiger partial charge on any atom is -0.369 e. The Bertz CT molecular complexity index is 670. The van der Waals surface area contributed by atoms with Gasteiger partial charge >= 0.3 is 7.82 Å². The van der Waals surface area contributed by atoms with E-state index in [1.807, 2.05) is 0 Å². The van der Waals surface area contributed by atoms with Gasteiger partial charge in [0.15, 0.2) is 11.2 Å². The van der Waals surface area contributed by atoms with E-state index in [-0.39, 0.29) is 35.8 Å². The quantitative estimate of drug-likeness (QED) is 0.410. The van der Waals surface area contributed by atoms with E-state index < -0.39 is 7.82 Å². The van der Waals surface area contributed by atoms with Crippen LogP contribution in [-0.4, -0.2) is 42.9 Å². The Labute approximate surface area is 112 Å². The number of anilines is 1. The molecule has 7 N–H and O–H groups in total. The van der Waals surface area contributed by atoms with Gasteiger partial charge < -0.3 is 21.3 Å².